The Hall–Kier alpha value is -2.28. The summed E-state index contributed by atoms with van der Waals surface area (Å²) in [5.41, 5.74) is 1.55. The van der Waals surface area contributed by atoms with Crippen molar-refractivity contribution >= 4 is 16.7 Å². The quantitative estimate of drug-likeness (QED) is 0.913. The van der Waals surface area contributed by atoms with Crippen molar-refractivity contribution < 1.29 is 22.7 Å². The van der Waals surface area contributed by atoms with Gasteiger partial charge in [0.25, 0.3) is 0 Å². The SMILES string of the molecule is COc1cccc2cccc([C@H](N3CC(C)(C)C(=O)N3)C(F)(F)F)c12. The molecule has 0 aromatic heterocycles. The molecule has 1 heterocycles. The van der Waals surface area contributed by atoms with E-state index < -0.39 is 23.5 Å². The Labute approximate surface area is 143 Å². The van der Waals surface area contributed by atoms with E-state index in [2.05, 4.69) is 5.43 Å². The largest absolute Gasteiger partial charge is 0.496 e. The van der Waals surface area contributed by atoms with Gasteiger partial charge in [-0.1, -0.05) is 30.3 Å². The topological polar surface area (TPSA) is 41.6 Å². The number of halogens is 3. The molecule has 0 radical (unpaired) electrons. The zero-order valence-electron chi connectivity index (χ0n) is 14.1. The maximum atomic E-state index is 14.0. The first-order chi connectivity index (χ1) is 11.6. The molecule has 0 unspecified atom stereocenters. The van der Waals surface area contributed by atoms with Gasteiger partial charge in [0.15, 0.2) is 6.04 Å². The molecule has 4 nitrogen and oxygen atoms in total. The van der Waals surface area contributed by atoms with Gasteiger partial charge in [-0.15, -0.1) is 0 Å². The predicted molar refractivity (Wildman–Crippen MR) is 87.9 cm³/mol. The van der Waals surface area contributed by atoms with Gasteiger partial charge in [0.05, 0.1) is 12.5 Å². The second-order valence-corrected chi connectivity index (χ2v) is 6.80. The Balaban J connectivity index is 2.19. The van der Waals surface area contributed by atoms with Crippen molar-refractivity contribution in [1.29, 1.82) is 0 Å². The van der Waals surface area contributed by atoms with Crippen molar-refractivity contribution in [2.45, 2.75) is 26.1 Å². The number of rotatable bonds is 3. The minimum absolute atomic E-state index is 0.0401. The lowest BCUT2D eigenvalue weighted by Crippen LogP contribution is -2.43. The molecule has 0 aliphatic carbocycles. The number of fused-ring (bicyclic) bond motifs is 1. The fourth-order valence-corrected chi connectivity index (χ4v) is 3.23. The van der Waals surface area contributed by atoms with E-state index in [1.165, 1.54) is 13.2 Å². The van der Waals surface area contributed by atoms with Crippen LogP contribution in [0.1, 0.15) is 25.5 Å². The lowest BCUT2D eigenvalue weighted by Gasteiger charge is -2.31. The number of amides is 1. The number of alkyl halides is 3. The number of carbonyl (C=O) groups is 1. The fraction of sp³-hybridized carbons (Fsp3) is 0.389. The van der Waals surface area contributed by atoms with Crippen LogP contribution in [-0.2, 0) is 4.79 Å². The first-order valence-electron chi connectivity index (χ1n) is 7.85. The van der Waals surface area contributed by atoms with Gasteiger partial charge in [0.2, 0.25) is 5.91 Å². The first-order valence-corrected chi connectivity index (χ1v) is 7.85. The van der Waals surface area contributed by atoms with Crippen molar-refractivity contribution in [3.05, 3.63) is 42.0 Å². The van der Waals surface area contributed by atoms with E-state index in [0.717, 1.165) is 5.01 Å². The highest BCUT2D eigenvalue weighted by atomic mass is 19.4. The van der Waals surface area contributed by atoms with E-state index >= 15 is 0 Å². The van der Waals surface area contributed by atoms with Gasteiger partial charge in [0, 0.05) is 11.9 Å². The molecule has 1 saturated heterocycles. The van der Waals surface area contributed by atoms with E-state index in [9.17, 15) is 18.0 Å². The molecule has 0 saturated carbocycles. The summed E-state index contributed by atoms with van der Waals surface area (Å²) in [6.45, 7) is 3.21. The lowest BCUT2D eigenvalue weighted by atomic mass is 9.93. The highest BCUT2D eigenvalue weighted by Gasteiger charge is 2.51. The summed E-state index contributed by atoms with van der Waals surface area (Å²) in [4.78, 5) is 12.0. The van der Waals surface area contributed by atoms with Gasteiger partial charge < -0.3 is 4.74 Å². The van der Waals surface area contributed by atoms with Crippen LogP contribution in [0.2, 0.25) is 0 Å². The van der Waals surface area contributed by atoms with Gasteiger partial charge in [-0.3, -0.25) is 10.2 Å². The van der Waals surface area contributed by atoms with Crippen LogP contribution in [0, 0.1) is 5.41 Å². The maximum absolute atomic E-state index is 14.0. The van der Waals surface area contributed by atoms with Crippen LogP contribution in [0.3, 0.4) is 0 Å². The number of benzene rings is 2. The Morgan fingerprint density at radius 2 is 1.84 bits per heavy atom. The Kier molecular flexibility index (Phi) is 4.15. The Morgan fingerprint density at radius 3 is 2.36 bits per heavy atom. The summed E-state index contributed by atoms with van der Waals surface area (Å²) in [7, 11) is 1.43. The third kappa shape index (κ3) is 3.04. The number of hydrogen-bond donors (Lipinski definition) is 1. The molecule has 1 N–H and O–H groups in total. The Bertz CT molecular complexity index is 812. The molecule has 1 aliphatic heterocycles. The van der Waals surface area contributed by atoms with Crippen molar-refractivity contribution in [2.75, 3.05) is 13.7 Å². The van der Waals surface area contributed by atoms with Crippen LogP contribution in [0.25, 0.3) is 10.8 Å². The van der Waals surface area contributed by atoms with Crippen LogP contribution < -0.4 is 10.2 Å². The smallest absolute Gasteiger partial charge is 0.409 e. The molecule has 2 aromatic rings. The van der Waals surface area contributed by atoms with Gasteiger partial charge in [-0.05, 0) is 30.9 Å². The van der Waals surface area contributed by atoms with Crippen LogP contribution in [-0.4, -0.2) is 30.7 Å². The van der Waals surface area contributed by atoms with Gasteiger partial charge in [0.1, 0.15) is 5.75 Å². The summed E-state index contributed by atoms with van der Waals surface area (Å²) >= 11 is 0. The third-order valence-corrected chi connectivity index (χ3v) is 4.46. The second-order valence-electron chi connectivity index (χ2n) is 6.80. The molecule has 2 aromatic carbocycles. The lowest BCUT2D eigenvalue weighted by molar-refractivity contribution is -0.191. The first kappa shape index (κ1) is 17.5. The molecule has 1 atom stereocenters. The molecule has 0 bridgehead atoms. The minimum Gasteiger partial charge on any atom is -0.496 e. The standard InChI is InChI=1S/C18H19F3N2O2/c1-17(2)10-23(22-16(17)24)15(18(19,20)21)12-8-4-6-11-7-5-9-13(25-3)14(11)12/h4-9,15H,10H2,1-3H3,(H,22,24)/t15-/m0/s1. The number of nitrogens with zero attached hydrogens (tertiary/aromatic N) is 1. The molecule has 7 heteroatoms. The summed E-state index contributed by atoms with van der Waals surface area (Å²) in [6, 6.07) is 7.89. The molecular formula is C18H19F3N2O2. The summed E-state index contributed by atoms with van der Waals surface area (Å²) in [5.74, 6) is -0.0546. The summed E-state index contributed by atoms with van der Waals surface area (Å²) in [6.07, 6.45) is -4.57. The van der Waals surface area contributed by atoms with Crippen LogP contribution >= 0.6 is 0 Å². The molecular weight excluding hydrogens is 333 g/mol. The van der Waals surface area contributed by atoms with Gasteiger partial charge in [-0.25, -0.2) is 5.01 Å². The van der Waals surface area contributed by atoms with Crippen LogP contribution in [0.4, 0.5) is 13.2 Å². The number of methoxy groups -OCH3 is 1. The highest BCUT2D eigenvalue weighted by molar-refractivity contribution is 5.92. The van der Waals surface area contributed by atoms with Gasteiger partial charge >= 0.3 is 6.18 Å². The minimum atomic E-state index is -4.57. The van der Waals surface area contributed by atoms with Crippen molar-refractivity contribution in [3.63, 3.8) is 0 Å². The summed E-state index contributed by atoms with van der Waals surface area (Å²) in [5, 5.41) is 2.02. The van der Waals surface area contributed by atoms with Crippen molar-refractivity contribution in [1.82, 2.24) is 10.4 Å². The van der Waals surface area contributed by atoms with Gasteiger partial charge in [-0.2, -0.15) is 13.2 Å². The predicted octanol–water partition coefficient (Wildman–Crippen LogP) is 3.82. The second kappa shape index (κ2) is 5.91. The average molecular weight is 352 g/mol. The van der Waals surface area contributed by atoms with Crippen LogP contribution in [0.5, 0.6) is 5.75 Å². The van der Waals surface area contributed by atoms with E-state index in [1.54, 1.807) is 44.2 Å². The summed E-state index contributed by atoms with van der Waals surface area (Å²) < 4.78 is 47.2. The monoisotopic (exact) mass is 352 g/mol. The maximum Gasteiger partial charge on any atom is 0.409 e. The molecule has 3 rings (SSSR count). The zero-order valence-corrected chi connectivity index (χ0v) is 14.1. The normalized spacial score (nSPS) is 19.0. The number of ether oxygens (including phenoxy) is 1. The molecule has 1 fully saturated rings. The van der Waals surface area contributed by atoms with E-state index in [1.807, 2.05) is 0 Å². The number of nitrogens with one attached hydrogen (secondary N) is 1. The molecule has 25 heavy (non-hydrogen) atoms. The van der Waals surface area contributed by atoms with E-state index in [4.69, 9.17) is 4.74 Å². The van der Waals surface area contributed by atoms with Crippen LogP contribution in [0.15, 0.2) is 36.4 Å². The van der Waals surface area contributed by atoms with Crippen molar-refractivity contribution in [3.8, 4) is 5.75 Å². The molecule has 0 spiro atoms. The number of hydrogen-bond acceptors (Lipinski definition) is 3. The zero-order chi connectivity index (χ0) is 18.4. The highest BCUT2D eigenvalue weighted by Crippen LogP contribution is 2.44. The average Bonchev–Trinajstić information content (AvgIpc) is 2.78. The fourth-order valence-electron chi connectivity index (χ4n) is 3.23. The molecule has 1 aliphatic rings. The molecule has 134 valence electrons. The number of carbonyl (C=O) groups excluding carboxylic acids is 1. The van der Waals surface area contributed by atoms with E-state index in [-0.39, 0.29) is 12.1 Å². The van der Waals surface area contributed by atoms with Crippen molar-refractivity contribution in [2.24, 2.45) is 5.41 Å². The van der Waals surface area contributed by atoms with E-state index in [0.29, 0.717) is 16.5 Å². The molecule has 1 amide bonds. The third-order valence-electron chi connectivity index (χ3n) is 4.46. The number of hydrazine groups is 1. The Morgan fingerprint density at radius 1 is 1.20 bits per heavy atom.